The number of hydrogen-bond acceptors (Lipinski definition) is 3. The predicted octanol–water partition coefficient (Wildman–Crippen LogP) is 6.19. The number of rotatable bonds is 6. The number of nitrogens with one attached hydrogen (secondary N) is 1. The maximum atomic E-state index is 13.4. The van der Waals surface area contributed by atoms with Crippen molar-refractivity contribution in [3.8, 4) is 0 Å². The maximum absolute atomic E-state index is 13.4. The van der Waals surface area contributed by atoms with Crippen LogP contribution < -0.4 is 5.32 Å². The van der Waals surface area contributed by atoms with Gasteiger partial charge in [0.2, 0.25) is 5.91 Å². The monoisotopic (exact) mass is 547 g/mol. The van der Waals surface area contributed by atoms with Crippen molar-refractivity contribution in [1.29, 1.82) is 0 Å². The molecule has 4 aliphatic rings. The minimum absolute atomic E-state index is 0.0484. The first-order valence-electron chi connectivity index (χ1n) is 15.2. The molecule has 0 radical (unpaired) electrons. The van der Waals surface area contributed by atoms with E-state index in [1.54, 1.807) is 12.1 Å². The number of carbonyl (C=O) groups excluding carboxylic acids is 2. The lowest BCUT2D eigenvalue weighted by molar-refractivity contribution is -0.130. The minimum atomic E-state index is -0.146. The summed E-state index contributed by atoms with van der Waals surface area (Å²) >= 11 is 6.24. The third-order valence-corrected chi connectivity index (χ3v) is 10.3. The molecule has 2 aromatic carbocycles. The zero-order chi connectivity index (χ0) is 26.8. The van der Waals surface area contributed by atoms with E-state index in [1.165, 1.54) is 70.1 Å². The second-order valence-corrected chi connectivity index (χ2v) is 13.0. The van der Waals surface area contributed by atoms with E-state index >= 15 is 0 Å². The van der Waals surface area contributed by atoms with Crippen molar-refractivity contribution in [3.63, 3.8) is 0 Å². The topological polar surface area (TPSA) is 52.7 Å². The van der Waals surface area contributed by atoms with Crippen LogP contribution in [-0.4, -0.2) is 54.3 Å². The van der Waals surface area contributed by atoms with Crippen LogP contribution >= 0.6 is 11.6 Å². The Bertz CT molecular complexity index is 1200. The first kappa shape index (κ1) is 26.8. The van der Waals surface area contributed by atoms with Gasteiger partial charge < -0.3 is 15.1 Å². The van der Waals surface area contributed by atoms with Crippen LogP contribution in [0.4, 0.5) is 0 Å². The molecule has 1 spiro atoms. The van der Waals surface area contributed by atoms with Crippen LogP contribution in [0.5, 0.6) is 0 Å². The molecule has 0 aromatic heterocycles. The van der Waals surface area contributed by atoms with Crippen LogP contribution in [-0.2, 0) is 17.6 Å². The molecular formula is C33H42ClN3O2. The Labute approximate surface area is 238 Å². The molecule has 5 nitrogen and oxygen atoms in total. The second kappa shape index (κ2) is 11.6. The van der Waals surface area contributed by atoms with Gasteiger partial charge in [0.15, 0.2) is 0 Å². The lowest BCUT2D eigenvalue weighted by Gasteiger charge is -2.41. The fraction of sp³-hybridized carbons (Fsp3) is 0.576. The van der Waals surface area contributed by atoms with Crippen molar-refractivity contribution in [2.75, 3.05) is 32.7 Å². The van der Waals surface area contributed by atoms with Crippen LogP contribution in [0.2, 0.25) is 5.02 Å². The average molecular weight is 548 g/mol. The maximum Gasteiger partial charge on any atom is 0.253 e. The van der Waals surface area contributed by atoms with Crippen LogP contribution in [0.25, 0.3) is 0 Å². The molecule has 2 aromatic rings. The zero-order valence-electron chi connectivity index (χ0n) is 23.1. The van der Waals surface area contributed by atoms with Crippen molar-refractivity contribution < 1.29 is 9.59 Å². The summed E-state index contributed by atoms with van der Waals surface area (Å²) in [6, 6.07) is 13.5. The molecule has 6 rings (SSSR count). The second-order valence-electron chi connectivity index (χ2n) is 12.6. The van der Waals surface area contributed by atoms with Gasteiger partial charge in [-0.25, -0.2) is 0 Å². The van der Waals surface area contributed by atoms with Crippen LogP contribution in [0.1, 0.15) is 90.9 Å². The number of hydrogen-bond donors (Lipinski definition) is 1. The van der Waals surface area contributed by atoms with E-state index in [2.05, 4.69) is 33.3 Å². The van der Waals surface area contributed by atoms with E-state index in [1.807, 2.05) is 12.1 Å². The Morgan fingerprint density at radius 2 is 1.72 bits per heavy atom. The van der Waals surface area contributed by atoms with Crippen molar-refractivity contribution in [3.05, 3.63) is 69.7 Å². The van der Waals surface area contributed by atoms with Crippen molar-refractivity contribution in [2.24, 2.45) is 11.3 Å². The summed E-state index contributed by atoms with van der Waals surface area (Å²) in [5.41, 5.74) is 4.27. The number of amides is 2. The Balaban J connectivity index is 1.03. The first-order valence-corrected chi connectivity index (χ1v) is 15.5. The predicted molar refractivity (Wildman–Crippen MR) is 156 cm³/mol. The molecule has 39 heavy (non-hydrogen) atoms. The Morgan fingerprint density at radius 3 is 2.51 bits per heavy atom. The van der Waals surface area contributed by atoms with Crippen molar-refractivity contribution in [2.45, 2.75) is 76.7 Å². The fourth-order valence-electron chi connectivity index (χ4n) is 7.58. The molecule has 0 bridgehead atoms. The van der Waals surface area contributed by atoms with Crippen LogP contribution in [0.3, 0.4) is 0 Å². The molecule has 2 saturated heterocycles. The van der Waals surface area contributed by atoms with Gasteiger partial charge in [-0.05, 0) is 98.2 Å². The fourth-order valence-corrected chi connectivity index (χ4v) is 7.80. The number of nitrogens with zero attached hydrogens (tertiary/aromatic N) is 2. The normalized spacial score (nSPS) is 23.2. The zero-order valence-corrected chi connectivity index (χ0v) is 23.9. The summed E-state index contributed by atoms with van der Waals surface area (Å²) in [5, 5.41) is 3.64. The number of likely N-dealkylation sites (tertiary alicyclic amines) is 2. The number of carbonyl (C=O) groups is 2. The van der Waals surface area contributed by atoms with Gasteiger partial charge in [0.25, 0.3) is 5.91 Å². The molecule has 6 heteroatoms. The van der Waals surface area contributed by atoms with Gasteiger partial charge in [-0.1, -0.05) is 61.2 Å². The molecule has 1 N–H and O–H groups in total. The molecule has 2 aliphatic carbocycles. The molecule has 1 unspecified atom stereocenters. The lowest BCUT2D eigenvalue weighted by atomic mass is 9.77. The SMILES string of the molecule is O=C(NC1CCc2ccc(CC(=O)N3CCC4(CCN(CC5CCCCC5)CC4)C3)cc21)c1ccccc1Cl. The van der Waals surface area contributed by atoms with E-state index in [9.17, 15) is 9.59 Å². The van der Waals surface area contributed by atoms with E-state index < -0.39 is 0 Å². The molecule has 2 heterocycles. The lowest BCUT2D eigenvalue weighted by Crippen LogP contribution is -2.44. The van der Waals surface area contributed by atoms with Crippen LogP contribution in [0.15, 0.2) is 42.5 Å². The summed E-state index contributed by atoms with van der Waals surface area (Å²) in [6.07, 6.45) is 12.9. The van der Waals surface area contributed by atoms with E-state index in [0.717, 1.165) is 49.4 Å². The molecule has 2 amide bonds. The number of aryl methyl sites for hydroxylation is 1. The van der Waals surface area contributed by atoms with E-state index in [4.69, 9.17) is 11.6 Å². The minimum Gasteiger partial charge on any atom is -0.345 e. The molecule has 1 atom stereocenters. The highest BCUT2D eigenvalue weighted by atomic mass is 35.5. The van der Waals surface area contributed by atoms with Crippen LogP contribution in [0, 0.1) is 11.3 Å². The highest BCUT2D eigenvalue weighted by molar-refractivity contribution is 6.33. The number of piperidine rings is 1. The standard InChI is InChI=1S/C33H42ClN3O2/c34-29-9-5-4-8-27(29)32(39)35-30-13-12-26-11-10-25(20-28(26)30)21-31(38)37-19-16-33(23-37)14-17-36(18-15-33)22-24-6-2-1-3-7-24/h4-5,8-11,20,24,30H,1-3,6-7,12-19,21-23H2,(H,35,39). The van der Waals surface area contributed by atoms with Gasteiger partial charge in [-0.3, -0.25) is 9.59 Å². The quantitative estimate of drug-likeness (QED) is 0.469. The summed E-state index contributed by atoms with van der Waals surface area (Å²) in [5.74, 6) is 1.00. The van der Waals surface area contributed by atoms with Gasteiger partial charge in [-0.15, -0.1) is 0 Å². The third-order valence-electron chi connectivity index (χ3n) is 10.0. The largest absolute Gasteiger partial charge is 0.345 e. The van der Waals surface area contributed by atoms with Gasteiger partial charge >= 0.3 is 0 Å². The number of fused-ring (bicyclic) bond motifs is 1. The Hall–Kier alpha value is -2.37. The van der Waals surface area contributed by atoms with Crippen molar-refractivity contribution in [1.82, 2.24) is 15.1 Å². The number of halogens is 1. The molecule has 3 fully saturated rings. The number of benzene rings is 2. The highest BCUT2D eigenvalue weighted by Gasteiger charge is 2.42. The first-order chi connectivity index (χ1) is 19.0. The Morgan fingerprint density at radius 1 is 0.949 bits per heavy atom. The summed E-state index contributed by atoms with van der Waals surface area (Å²) in [6.45, 7) is 5.50. The third kappa shape index (κ3) is 6.05. The van der Waals surface area contributed by atoms with E-state index in [-0.39, 0.29) is 17.9 Å². The summed E-state index contributed by atoms with van der Waals surface area (Å²) < 4.78 is 0. The Kier molecular flexibility index (Phi) is 8.00. The van der Waals surface area contributed by atoms with Gasteiger partial charge in [-0.2, -0.15) is 0 Å². The molecule has 208 valence electrons. The summed E-state index contributed by atoms with van der Waals surface area (Å²) in [7, 11) is 0. The highest BCUT2D eigenvalue weighted by Crippen LogP contribution is 2.41. The smallest absolute Gasteiger partial charge is 0.253 e. The van der Waals surface area contributed by atoms with Gasteiger partial charge in [0.05, 0.1) is 23.0 Å². The van der Waals surface area contributed by atoms with Crippen molar-refractivity contribution >= 4 is 23.4 Å². The summed E-state index contributed by atoms with van der Waals surface area (Å²) in [4.78, 5) is 31.1. The molecular weight excluding hydrogens is 506 g/mol. The van der Waals surface area contributed by atoms with E-state index in [0.29, 0.717) is 22.4 Å². The average Bonchev–Trinajstić information content (AvgIpc) is 3.55. The molecule has 2 aliphatic heterocycles. The molecule has 1 saturated carbocycles. The van der Waals surface area contributed by atoms with Gasteiger partial charge in [0, 0.05) is 19.6 Å². The van der Waals surface area contributed by atoms with Gasteiger partial charge in [0.1, 0.15) is 0 Å².